The zero-order valence-corrected chi connectivity index (χ0v) is 9.30. The molecular weight excluding hydrogens is 192 g/mol. The Morgan fingerprint density at radius 2 is 1.93 bits per heavy atom. The van der Waals surface area contributed by atoms with E-state index in [2.05, 4.69) is 5.32 Å². The number of unbranched alkanes of at least 4 members (excludes halogenated alkanes) is 3. The molecule has 0 radical (unpaired) electrons. The second kappa shape index (κ2) is 6.08. The first kappa shape index (κ1) is 12.5. The number of hydrogen-bond acceptors (Lipinski definition) is 3. The summed E-state index contributed by atoms with van der Waals surface area (Å²) in [5, 5.41) is 11.4. The first-order chi connectivity index (χ1) is 7.19. The predicted molar refractivity (Wildman–Crippen MR) is 59.3 cm³/mol. The van der Waals surface area contributed by atoms with E-state index in [-0.39, 0.29) is 12.5 Å². The van der Waals surface area contributed by atoms with Crippen LogP contribution in [0.2, 0.25) is 0 Å². The van der Waals surface area contributed by atoms with Gasteiger partial charge in [-0.15, -0.1) is 0 Å². The van der Waals surface area contributed by atoms with Gasteiger partial charge in [0.15, 0.2) is 0 Å². The van der Waals surface area contributed by atoms with Gasteiger partial charge in [0.1, 0.15) is 0 Å². The molecule has 4 nitrogen and oxygen atoms in total. The lowest BCUT2D eigenvalue weighted by atomic mass is 9.77. The molecule has 0 aromatic heterocycles. The van der Waals surface area contributed by atoms with Crippen LogP contribution in [-0.2, 0) is 4.79 Å². The van der Waals surface area contributed by atoms with Gasteiger partial charge in [-0.3, -0.25) is 4.79 Å². The topological polar surface area (TPSA) is 75.4 Å². The third kappa shape index (κ3) is 3.80. The third-order valence-electron chi connectivity index (χ3n) is 3.07. The lowest BCUT2D eigenvalue weighted by molar-refractivity contribution is -0.129. The van der Waals surface area contributed by atoms with Crippen molar-refractivity contribution in [3.63, 3.8) is 0 Å². The normalized spacial score (nSPS) is 18.3. The van der Waals surface area contributed by atoms with E-state index in [0.717, 1.165) is 44.9 Å². The van der Waals surface area contributed by atoms with Crippen LogP contribution in [0, 0.1) is 0 Å². The van der Waals surface area contributed by atoms with Crippen molar-refractivity contribution in [3.05, 3.63) is 0 Å². The second-order valence-electron chi connectivity index (χ2n) is 4.40. The molecule has 1 aliphatic rings. The van der Waals surface area contributed by atoms with Crippen LogP contribution in [0.4, 0.5) is 0 Å². The van der Waals surface area contributed by atoms with Gasteiger partial charge in [0.05, 0.1) is 5.54 Å². The highest BCUT2D eigenvalue weighted by atomic mass is 16.2. The van der Waals surface area contributed by atoms with Gasteiger partial charge in [0, 0.05) is 13.2 Å². The fourth-order valence-corrected chi connectivity index (χ4v) is 1.75. The van der Waals surface area contributed by atoms with Crippen molar-refractivity contribution in [2.45, 2.75) is 50.5 Å². The Hall–Kier alpha value is -0.610. The summed E-state index contributed by atoms with van der Waals surface area (Å²) < 4.78 is 0. The molecular formula is C11H22N2O2. The smallest absolute Gasteiger partial charge is 0.240 e. The third-order valence-corrected chi connectivity index (χ3v) is 3.07. The lowest BCUT2D eigenvalue weighted by Gasteiger charge is -2.36. The minimum atomic E-state index is -0.564. The Morgan fingerprint density at radius 3 is 2.47 bits per heavy atom. The number of carbonyl (C=O) groups excluding carboxylic acids is 1. The maximum Gasteiger partial charge on any atom is 0.240 e. The molecule has 0 aliphatic heterocycles. The molecule has 1 aliphatic carbocycles. The van der Waals surface area contributed by atoms with Gasteiger partial charge in [-0.1, -0.05) is 12.8 Å². The standard InChI is InChI=1S/C11H22N2O2/c12-11(6-5-7-11)10(15)13-8-3-1-2-4-9-14/h14H,1-9,12H2,(H,13,15). The van der Waals surface area contributed by atoms with Gasteiger partial charge in [0.25, 0.3) is 0 Å². The summed E-state index contributed by atoms with van der Waals surface area (Å²) in [6.07, 6.45) is 6.63. The Morgan fingerprint density at radius 1 is 1.27 bits per heavy atom. The fraction of sp³-hybridized carbons (Fsp3) is 0.909. The van der Waals surface area contributed by atoms with Crippen molar-refractivity contribution < 1.29 is 9.90 Å². The SMILES string of the molecule is NC1(C(=O)NCCCCCCO)CCC1. The lowest BCUT2D eigenvalue weighted by Crippen LogP contribution is -2.58. The summed E-state index contributed by atoms with van der Waals surface area (Å²) in [5.74, 6) is 0.0101. The number of carbonyl (C=O) groups is 1. The molecule has 0 bridgehead atoms. The number of amides is 1. The first-order valence-corrected chi connectivity index (χ1v) is 5.87. The van der Waals surface area contributed by atoms with E-state index in [1.54, 1.807) is 0 Å². The zero-order chi connectivity index (χ0) is 11.1. The number of nitrogens with one attached hydrogen (secondary N) is 1. The molecule has 1 saturated carbocycles. The van der Waals surface area contributed by atoms with Crippen LogP contribution >= 0.6 is 0 Å². The molecule has 1 fully saturated rings. The maximum absolute atomic E-state index is 11.6. The monoisotopic (exact) mass is 214 g/mol. The van der Waals surface area contributed by atoms with Crippen LogP contribution in [0.1, 0.15) is 44.9 Å². The molecule has 0 spiro atoms. The van der Waals surface area contributed by atoms with Gasteiger partial charge < -0.3 is 16.2 Å². The molecule has 1 amide bonds. The van der Waals surface area contributed by atoms with Crippen LogP contribution in [0.15, 0.2) is 0 Å². The summed E-state index contributed by atoms with van der Waals surface area (Å²) in [5.41, 5.74) is 5.30. The van der Waals surface area contributed by atoms with E-state index >= 15 is 0 Å². The van der Waals surface area contributed by atoms with Crippen molar-refractivity contribution in [1.82, 2.24) is 5.32 Å². The van der Waals surface area contributed by atoms with Gasteiger partial charge >= 0.3 is 0 Å². The summed E-state index contributed by atoms with van der Waals surface area (Å²) in [6, 6.07) is 0. The van der Waals surface area contributed by atoms with E-state index in [4.69, 9.17) is 10.8 Å². The van der Waals surface area contributed by atoms with E-state index in [9.17, 15) is 4.79 Å². The van der Waals surface area contributed by atoms with Crippen molar-refractivity contribution in [2.75, 3.05) is 13.2 Å². The number of nitrogens with two attached hydrogens (primary N) is 1. The van der Waals surface area contributed by atoms with Crippen LogP contribution in [0.25, 0.3) is 0 Å². The molecule has 88 valence electrons. The van der Waals surface area contributed by atoms with Gasteiger partial charge in [-0.25, -0.2) is 0 Å². The highest BCUT2D eigenvalue weighted by molar-refractivity contribution is 5.86. The van der Waals surface area contributed by atoms with E-state index < -0.39 is 5.54 Å². The van der Waals surface area contributed by atoms with Gasteiger partial charge in [-0.2, -0.15) is 0 Å². The average Bonchev–Trinajstić information content (AvgIpc) is 2.19. The Kier molecular flexibility index (Phi) is 5.05. The minimum Gasteiger partial charge on any atom is -0.396 e. The van der Waals surface area contributed by atoms with Crippen LogP contribution in [-0.4, -0.2) is 29.7 Å². The summed E-state index contributed by atoms with van der Waals surface area (Å²) >= 11 is 0. The van der Waals surface area contributed by atoms with Crippen LogP contribution in [0.5, 0.6) is 0 Å². The molecule has 0 aromatic rings. The zero-order valence-electron chi connectivity index (χ0n) is 9.30. The van der Waals surface area contributed by atoms with Crippen LogP contribution in [0.3, 0.4) is 0 Å². The molecule has 4 heteroatoms. The molecule has 0 heterocycles. The number of aliphatic hydroxyl groups excluding tert-OH is 1. The first-order valence-electron chi connectivity index (χ1n) is 5.87. The van der Waals surface area contributed by atoms with E-state index in [1.165, 1.54) is 0 Å². The molecule has 0 saturated heterocycles. The highest BCUT2D eigenvalue weighted by Gasteiger charge is 2.39. The summed E-state index contributed by atoms with van der Waals surface area (Å²) in [6.45, 7) is 0.974. The maximum atomic E-state index is 11.6. The predicted octanol–water partition coefficient (Wildman–Crippen LogP) is 0.537. The second-order valence-corrected chi connectivity index (χ2v) is 4.40. The number of rotatable bonds is 7. The fourth-order valence-electron chi connectivity index (χ4n) is 1.75. The van der Waals surface area contributed by atoms with Crippen molar-refractivity contribution in [2.24, 2.45) is 5.73 Å². The number of hydrogen-bond donors (Lipinski definition) is 3. The molecule has 0 atom stereocenters. The molecule has 0 unspecified atom stereocenters. The minimum absolute atomic E-state index is 0.0101. The molecule has 4 N–H and O–H groups in total. The average molecular weight is 214 g/mol. The van der Waals surface area contributed by atoms with Crippen LogP contribution < -0.4 is 11.1 Å². The molecule has 15 heavy (non-hydrogen) atoms. The quantitative estimate of drug-likeness (QED) is 0.541. The van der Waals surface area contributed by atoms with Crippen molar-refractivity contribution in [3.8, 4) is 0 Å². The van der Waals surface area contributed by atoms with Crippen molar-refractivity contribution in [1.29, 1.82) is 0 Å². The summed E-state index contributed by atoms with van der Waals surface area (Å²) in [4.78, 5) is 11.6. The summed E-state index contributed by atoms with van der Waals surface area (Å²) in [7, 11) is 0. The van der Waals surface area contributed by atoms with E-state index in [1.807, 2.05) is 0 Å². The Bertz CT molecular complexity index is 203. The Labute approximate surface area is 91.2 Å². The van der Waals surface area contributed by atoms with E-state index in [0.29, 0.717) is 6.54 Å². The van der Waals surface area contributed by atoms with Gasteiger partial charge in [-0.05, 0) is 32.1 Å². The van der Waals surface area contributed by atoms with Crippen molar-refractivity contribution >= 4 is 5.91 Å². The highest BCUT2D eigenvalue weighted by Crippen LogP contribution is 2.28. The molecule has 0 aromatic carbocycles. The van der Waals surface area contributed by atoms with Gasteiger partial charge in [0.2, 0.25) is 5.91 Å². The number of aliphatic hydroxyl groups is 1. The molecule has 1 rings (SSSR count). The Balaban J connectivity index is 1.97. The largest absolute Gasteiger partial charge is 0.396 e.